The number of aliphatic carboxylic acids is 2. The largest absolute Gasteiger partial charge is 0.490 e. The first-order valence-corrected chi connectivity index (χ1v) is 11.3. The molecule has 0 spiro atoms. The van der Waals surface area contributed by atoms with Crippen molar-refractivity contribution in [3.63, 3.8) is 0 Å². The molecule has 1 aliphatic heterocycles. The molecule has 3 heterocycles. The van der Waals surface area contributed by atoms with Gasteiger partial charge in [-0.3, -0.25) is 0 Å². The lowest BCUT2D eigenvalue weighted by molar-refractivity contribution is -0.193. The van der Waals surface area contributed by atoms with Crippen LogP contribution in [0.2, 0.25) is 0 Å². The highest BCUT2D eigenvalue weighted by Crippen LogP contribution is 2.20. The number of alkyl halides is 6. The number of anilines is 1. The van der Waals surface area contributed by atoms with Crippen LogP contribution in [0.25, 0.3) is 0 Å². The smallest absolute Gasteiger partial charge is 0.475 e. The zero-order valence-corrected chi connectivity index (χ0v) is 20.4. The van der Waals surface area contributed by atoms with Crippen LogP contribution in [0.4, 0.5) is 37.0 Å². The maximum atomic E-state index is 12.3. The Morgan fingerprint density at radius 1 is 0.974 bits per heavy atom. The van der Waals surface area contributed by atoms with Crippen molar-refractivity contribution in [2.75, 3.05) is 18.4 Å². The molecule has 0 saturated heterocycles. The standard InChI is InChI=1S/C17H23N7O.2C2HF3O2/c1-12-2-5-15(22-21-12)18-10-14-11-19-16-6-7-23(8-9-24(14)16)17(25)20-13-3-4-13;2*3-2(4,5)1(6)7/h2,5,11,13H,3-4,6-10H2,1H3,(H,18,22)(H,20,25);2*(H,6,7). The normalized spacial score (nSPS) is 14.9. The Balaban J connectivity index is 0.000000317. The van der Waals surface area contributed by atoms with Crippen molar-refractivity contribution in [3.05, 3.63) is 35.5 Å². The summed E-state index contributed by atoms with van der Waals surface area (Å²) in [5.74, 6) is -3.73. The summed E-state index contributed by atoms with van der Waals surface area (Å²) in [7, 11) is 0. The van der Waals surface area contributed by atoms with Crippen LogP contribution in [0.3, 0.4) is 0 Å². The Labute approximate surface area is 217 Å². The van der Waals surface area contributed by atoms with Crippen LogP contribution in [-0.2, 0) is 29.1 Å². The van der Waals surface area contributed by atoms with Gasteiger partial charge in [0.05, 0.1) is 24.1 Å². The van der Waals surface area contributed by atoms with E-state index in [1.807, 2.05) is 30.2 Å². The van der Waals surface area contributed by atoms with Gasteiger partial charge in [-0.15, -0.1) is 5.10 Å². The van der Waals surface area contributed by atoms with Crippen LogP contribution in [0.15, 0.2) is 18.3 Å². The van der Waals surface area contributed by atoms with Crippen LogP contribution < -0.4 is 10.6 Å². The van der Waals surface area contributed by atoms with Crippen molar-refractivity contribution in [1.82, 2.24) is 30.0 Å². The minimum Gasteiger partial charge on any atom is -0.475 e. The molecule has 0 atom stereocenters. The third-order valence-electron chi connectivity index (χ3n) is 5.15. The van der Waals surface area contributed by atoms with E-state index in [0.717, 1.165) is 48.8 Å². The van der Waals surface area contributed by atoms with Gasteiger partial charge in [-0.2, -0.15) is 31.4 Å². The molecule has 18 heteroatoms. The van der Waals surface area contributed by atoms with Gasteiger partial charge in [0.25, 0.3) is 0 Å². The van der Waals surface area contributed by atoms with Crippen LogP contribution in [-0.4, -0.2) is 84.3 Å². The van der Waals surface area contributed by atoms with E-state index < -0.39 is 24.3 Å². The Hall–Kier alpha value is -4.12. The Morgan fingerprint density at radius 3 is 2.05 bits per heavy atom. The minimum atomic E-state index is -5.08. The molecule has 2 aromatic heterocycles. The number of nitrogens with one attached hydrogen (secondary N) is 2. The topological polar surface area (TPSA) is 163 Å². The van der Waals surface area contributed by atoms with Gasteiger partial charge >= 0.3 is 30.3 Å². The van der Waals surface area contributed by atoms with E-state index in [4.69, 9.17) is 19.8 Å². The molecule has 1 saturated carbocycles. The number of urea groups is 1. The number of rotatable bonds is 4. The summed E-state index contributed by atoms with van der Waals surface area (Å²) in [6, 6.07) is 4.31. The summed E-state index contributed by atoms with van der Waals surface area (Å²) < 4.78 is 65.7. The first kappa shape index (κ1) is 31.1. The first-order valence-electron chi connectivity index (χ1n) is 11.3. The number of carbonyl (C=O) groups excluding carboxylic acids is 1. The van der Waals surface area contributed by atoms with Crippen LogP contribution in [0.5, 0.6) is 0 Å². The molecule has 2 aliphatic rings. The van der Waals surface area contributed by atoms with E-state index in [9.17, 15) is 31.1 Å². The third-order valence-corrected chi connectivity index (χ3v) is 5.15. The molecule has 0 radical (unpaired) electrons. The monoisotopic (exact) mass is 569 g/mol. The second-order valence-corrected chi connectivity index (χ2v) is 8.30. The average Bonchev–Trinajstić information content (AvgIpc) is 3.61. The Kier molecular flexibility index (Phi) is 10.4. The van der Waals surface area contributed by atoms with E-state index in [1.165, 1.54) is 0 Å². The Bertz CT molecular complexity index is 1110. The minimum absolute atomic E-state index is 0.0582. The first-order chi connectivity index (χ1) is 18.1. The van der Waals surface area contributed by atoms with Gasteiger partial charge in [-0.1, -0.05) is 0 Å². The van der Waals surface area contributed by atoms with Gasteiger partial charge in [0, 0.05) is 32.1 Å². The molecule has 1 aliphatic carbocycles. The fourth-order valence-corrected chi connectivity index (χ4v) is 3.01. The van der Waals surface area contributed by atoms with E-state index in [0.29, 0.717) is 25.7 Å². The number of nitrogens with zero attached hydrogens (tertiary/aromatic N) is 5. The maximum absolute atomic E-state index is 12.3. The number of imidazole rings is 1. The number of aryl methyl sites for hydroxylation is 1. The number of amides is 2. The predicted molar refractivity (Wildman–Crippen MR) is 121 cm³/mol. The van der Waals surface area contributed by atoms with Gasteiger partial charge in [0.1, 0.15) is 11.6 Å². The highest BCUT2D eigenvalue weighted by molar-refractivity contribution is 5.75. The number of aromatic nitrogens is 4. The number of carboxylic acid groups (broad SMARTS) is 2. The van der Waals surface area contributed by atoms with Crippen molar-refractivity contribution in [2.45, 2.75) is 57.7 Å². The van der Waals surface area contributed by atoms with Crippen molar-refractivity contribution in [3.8, 4) is 0 Å². The van der Waals surface area contributed by atoms with Crippen molar-refractivity contribution in [1.29, 1.82) is 0 Å². The van der Waals surface area contributed by atoms with E-state index >= 15 is 0 Å². The predicted octanol–water partition coefficient (Wildman–Crippen LogP) is 2.59. The van der Waals surface area contributed by atoms with Gasteiger partial charge in [0.15, 0.2) is 0 Å². The molecule has 0 unspecified atom stereocenters. The lowest BCUT2D eigenvalue weighted by Gasteiger charge is -2.20. The maximum Gasteiger partial charge on any atom is 0.490 e. The third kappa shape index (κ3) is 10.6. The molecule has 1 fully saturated rings. The molecular formula is C21H25F6N7O5. The molecule has 0 aromatic carbocycles. The summed E-state index contributed by atoms with van der Waals surface area (Å²) in [4.78, 5) is 36.5. The SMILES string of the molecule is Cc1ccc(NCc2cnc3n2CCN(C(=O)NC2CC2)CC3)nn1.O=C(O)C(F)(F)F.O=C(O)C(F)(F)F. The number of hydrogen-bond donors (Lipinski definition) is 4. The molecule has 4 rings (SSSR count). The summed E-state index contributed by atoms with van der Waals surface area (Å²) in [5.41, 5.74) is 2.00. The Morgan fingerprint density at radius 2 is 1.56 bits per heavy atom. The average molecular weight is 569 g/mol. The van der Waals surface area contributed by atoms with Gasteiger partial charge in [-0.25, -0.2) is 19.4 Å². The van der Waals surface area contributed by atoms with Crippen LogP contribution >= 0.6 is 0 Å². The summed E-state index contributed by atoms with van der Waals surface area (Å²) in [6.45, 7) is 4.74. The molecule has 2 aromatic rings. The molecule has 0 bridgehead atoms. The number of carbonyl (C=O) groups is 3. The number of halogens is 6. The zero-order valence-electron chi connectivity index (χ0n) is 20.4. The van der Waals surface area contributed by atoms with E-state index in [-0.39, 0.29) is 6.03 Å². The van der Waals surface area contributed by atoms with E-state index in [1.54, 1.807) is 0 Å². The fraction of sp³-hybridized carbons (Fsp3) is 0.524. The summed E-state index contributed by atoms with van der Waals surface area (Å²) >= 11 is 0. The lowest BCUT2D eigenvalue weighted by Crippen LogP contribution is -2.42. The molecular weight excluding hydrogens is 544 g/mol. The molecule has 39 heavy (non-hydrogen) atoms. The van der Waals surface area contributed by atoms with Crippen LogP contribution in [0.1, 0.15) is 30.1 Å². The molecule has 12 nitrogen and oxygen atoms in total. The molecule has 2 amide bonds. The fourth-order valence-electron chi connectivity index (χ4n) is 3.01. The number of fused-ring (bicyclic) bond motifs is 1. The van der Waals surface area contributed by atoms with Gasteiger partial charge in [-0.05, 0) is 31.9 Å². The molecule has 216 valence electrons. The molecule has 4 N–H and O–H groups in total. The summed E-state index contributed by atoms with van der Waals surface area (Å²) in [5, 5.41) is 28.8. The second-order valence-electron chi connectivity index (χ2n) is 8.30. The zero-order chi connectivity index (χ0) is 29.4. The number of carboxylic acids is 2. The van der Waals surface area contributed by atoms with E-state index in [2.05, 4.69) is 30.4 Å². The van der Waals surface area contributed by atoms with Crippen LogP contribution in [0, 0.1) is 6.92 Å². The van der Waals surface area contributed by atoms with Gasteiger partial charge in [0.2, 0.25) is 0 Å². The van der Waals surface area contributed by atoms with Gasteiger partial charge < -0.3 is 30.3 Å². The van der Waals surface area contributed by atoms with Crippen molar-refractivity contribution >= 4 is 23.8 Å². The van der Waals surface area contributed by atoms with Crippen molar-refractivity contribution in [2.24, 2.45) is 0 Å². The summed E-state index contributed by atoms with van der Waals surface area (Å²) in [6.07, 6.45) is -5.26. The van der Waals surface area contributed by atoms with Crippen molar-refractivity contribution < 1.29 is 50.9 Å². The second kappa shape index (κ2) is 13.1. The highest BCUT2D eigenvalue weighted by Gasteiger charge is 2.38. The lowest BCUT2D eigenvalue weighted by atomic mass is 10.4. The quantitative estimate of drug-likeness (QED) is 0.406. The number of hydrogen-bond acceptors (Lipinski definition) is 7. The highest BCUT2D eigenvalue weighted by atomic mass is 19.4.